The van der Waals surface area contributed by atoms with Gasteiger partial charge in [-0.3, -0.25) is 4.57 Å². The Morgan fingerprint density at radius 2 is 2.12 bits per heavy atom. The van der Waals surface area contributed by atoms with Crippen molar-refractivity contribution in [3.05, 3.63) is 17.8 Å². The third-order valence-corrected chi connectivity index (χ3v) is 5.67. The summed E-state index contributed by atoms with van der Waals surface area (Å²) in [5.74, 6) is 2.22. The zero-order valence-electron chi connectivity index (χ0n) is 15.9. The van der Waals surface area contributed by atoms with E-state index in [0.717, 1.165) is 50.0 Å². The highest BCUT2D eigenvalue weighted by molar-refractivity contribution is 5.57. The Hall–Kier alpha value is -2.33. The van der Waals surface area contributed by atoms with Crippen molar-refractivity contribution in [2.75, 3.05) is 24.6 Å². The summed E-state index contributed by atoms with van der Waals surface area (Å²) < 4.78 is 9.96. The molecular weight excluding hydrogens is 328 g/mol. The molecule has 0 aliphatic carbocycles. The second-order valence-electron chi connectivity index (χ2n) is 8.43. The zero-order valence-corrected chi connectivity index (χ0v) is 15.9. The second kappa shape index (κ2) is 6.13. The Labute approximate surface area is 154 Å². The van der Waals surface area contributed by atoms with Gasteiger partial charge in [0.2, 0.25) is 5.95 Å². The quantitative estimate of drug-likeness (QED) is 0.828. The van der Waals surface area contributed by atoms with Crippen molar-refractivity contribution >= 4 is 5.95 Å². The summed E-state index contributed by atoms with van der Waals surface area (Å²) >= 11 is 0. The standard InChI is InChI=1S/C19H26N6O/c1-19(2)8-16-14(5-6-26-16)11-25(12-19)18-22-21-17(24(18)4)15-7-13(9-20)10-23(15)3/h7,10,14,16H,5-6,8,11-12H2,1-4H3/t14-,16+/m0/s1. The van der Waals surface area contributed by atoms with E-state index in [1.807, 2.05) is 35.5 Å². The second-order valence-corrected chi connectivity index (χ2v) is 8.43. The molecule has 2 aromatic rings. The number of ether oxygens (including phenoxy) is 1. The SMILES string of the molecule is Cn1cc(C#N)cc1-c1nnc(N2C[C@@H]3CCO[C@@H]3CC(C)(C)C2)n1C. The van der Waals surface area contributed by atoms with E-state index >= 15 is 0 Å². The number of nitriles is 1. The minimum absolute atomic E-state index is 0.162. The van der Waals surface area contributed by atoms with Crippen LogP contribution in [0.4, 0.5) is 5.95 Å². The number of aromatic nitrogens is 4. The summed E-state index contributed by atoms with van der Waals surface area (Å²) in [5, 5.41) is 18.1. The molecule has 7 nitrogen and oxygen atoms in total. The summed E-state index contributed by atoms with van der Waals surface area (Å²) in [7, 11) is 3.93. The van der Waals surface area contributed by atoms with Gasteiger partial charge in [0, 0.05) is 45.9 Å². The Balaban J connectivity index is 1.68. The fourth-order valence-corrected chi connectivity index (χ4v) is 4.42. The minimum atomic E-state index is 0.162. The van der Waals surface area contributed by atoms with Crippen LogP contribution in [-0.4, -0.2) is 45.1 Å². The van der Waals surface area contributed by atoms with Gasteiger partial charge in [-0.2, -0.15) is 5.26 Å². The van der Waals surface area contributed by atoms with E-state index in [2.05, 4.69) is 35.0 Å². The van der Waals surface area contributed by atoms with Crippen LogP contribution >= 0.6 is 0 Å². The molecule has 7 heteroatoms. The van der Waals surface area contributed by atoms with Gasteiger partial charge in [0.05, 0.1) is 17.4 Å². The van der Waals surface area contributed by atoms with E-state index in [-0.39, 0.29) is 5.41 Å². The molecule has 0 bridgehead atoms. The van der Waals surface area contributed by atoms with Crippen LogP contribution in [0.5, 0.6) is 0 Å². The van der Waals surface area contributed by atoms with E-state index < -0.39 is 0 Å². The van der Waals surface area contributed by atoms with Crippen LogP contribution in [0, 0.1) is 22.7 Å². The fraction of sp³-hybridized carbons (Fsp3) is 0.632. The number of aryl methyl sites for hydroxylation is 1. The maximum Gasteiger partial charge on any atom is 0.227 e. The van der Waals surface area contributed by atoms with Crippen LogP contribution in [0.1, 0.15) is 32.3 Å². The molecule has 0 N–H and O–H groups in total. The van der Waals surface area contributed by atoms with Gasteiger partial charge in [-0.25, -0.2) is 0 Å². The topological polar surface area (TPSA) is 71.9 Å². The largest absolute Gasteiger partial charge is 0.378 e. The lowest BCUT2D eigenvalue weighted by Crippen LogP contribution is -2.36. The van der Waals surface area contributed by atoms with Crippen LogP contribution in [0.3, 0.4) is 0 Å². The van der Waals surface area contributed by atoms with Crippen molar-refractivity contribution in [2.24, 2.45) is 25.4 Å². The van der Waals surface area contributed by atoms with E-state index in [1.165, 1.54) is 0 Å². The zero-order chi connectivity index (χ0) is 18.5. The number of anilines is 1. The molecule has 0 radical (unpaired) electrons. The van der Waals surface area contributed by atoms with Gasteiger partial charge >= 0.3 is 0 Å². The summed E-state index contributed by atoms with van der Waals surface area (Å²) in [5.41, 5.74) is 1.70. The van der Waals surface area contributed by atoms with Gasteiger partial charge in [0.25, 0.3) is 0 Å². The first-order chi connectivity index (χ1) is 12.4. The average molecular weight is 354 g/mol. The monoisotopic (exact) mass is 354 g/mol. The number of nitrogens with zero attached hydrogens (tertiary/aromatic N) is 6. The molecule has 26 heavy (non-hydrogen) atoms. The highest BCUT2D eigenvalue weighted by Crippen LogP contribution is 2.38. The highest BCUT2D eigenvalue weighted by atomic mass is 16.5. The maximum atomic E-state index is 9.15. The van der Waals surface area contributed by atoms with Gasteiger partial charge in [-0.05, 0) is 24.3 Å². The molecule has 4 rings (SSSR count). The van der Waals surface area contributed by atoms with Crippen molar-refractivity contribution in [1.29, 1.82) is 5.26 Å². The first-order valence-electron chi connectivity index (χ1n) is 9.21. The molecule has 2 saturated heterocycles. The van der Waals surface area contributed by atoms with Crippen molar-refractivity contribution in [3.63, 3.8) is 0 Å². The maximum absolute atomic E-state index is 9.15. The van der Waals surface area contributed by atoms with Crippen molar-refractivity contribution in [1.82, 2.24) is 19.3 Å². The Morgan fingerprint density at radius 1 is 1.31 bits per heavy atom. The molecule has 0 amide bonds. The lowest BCUT2D eigenvalue weighted by molar-refractivity contribution is 0.0635. The summed E-state index contributed by atoms with van der Waals surface area (Å²) in [4.78, 5) is 2.37. The fourth-order valence-electron chi connectivity index (χ4n) is 4.42. The molecule has 0 aromatic carbocycles. The van der Waals surface area contributed by atoms with E-state index in [9.17, 15) is 0 Å². The highest BCUT2D eigenvalue weighted by Gasteiger charge is 2.40. The predicted octanol–water partition coefficient (Wildman–Crippen LogP) is 2.33. The number of rotatable bonds is 2. The van der Waals surface area contributed by atoms with E-state index in [1.54, 1.807) is 0 Å². The molecule has 0 spiro atoms. The Kier molecular flexibility index (Phi) is 4.03. The van der Waals surface area contributed by atoms with Gasteiger partial charge in [0.1, 0.15) is 6.07 Å². The van der Waals surface area contributed by atoms with Crippen LogP contribution in [0.15, 0.2) is 12.3 Å². The molecule has 2 aromatic heterocycles. The average Bonchev–Trinajstić information content (AvgIpc) is 3.24. The van der Waals surface area contributed by atoms with Crippen LogP contribution < -0.4 is 4.90 Å². The Bertz CT molecular complexity index is 858. The summed E-state index contributed by atoms with van der Waals surface area (Å²) in [6.07, 6.45) is 4.38. The lowest BCUT2D eigenvalue weighted by atomic mass is 9.85. The molecule has 2 aliphatic rings. The first-order valence-corrected chi connectivity index (χ1v) is 9.21. The number of fused-ring (bicyclic) bond motifs is 1. The van der Waals surface area contributed by atoms with Crippen LogP contribution in [0.2, 0.25) is 0 Å². The normalized spacial score (nSPS) is 25.0. The van der Waals surface area contributed by atoms with Crippen LogP contribution in [0.25, 0.3) is 11.5 Å². The van der Waals surface area contributed by atoms with Gasteiger partial charge < -0.3 is 14.2 Å². The van der Waals surface area contributed by atoms with Crippen molar-refractivity contribution in [3.8, 4) is 17.6 Å². The molecule has 4 heterocycles. The third kappa shape index (κ3) is 2.88. The molecule has 138 valence electrons. The van der Waals surface area contributed by atoms with Gasteiger partial charge in [-0.1, -0.05) is 13.8 Å². The smallest absolute Gasteiger partial charge is 0.227 e. The Morgan fingerprint density at radius 3 is 2.85 bits per heavy atom. The van der Waals surface area contributed by atoms with E-state index in [4.69, 9.17) is 10.00 Å². The van der Waals surface area contributed by atoms with Crippen LogP contribution in [-0.2, 0) is 18.8 Å². The molecule has 0 unspecified atom stereocenters. The lowest BCUT2D eigenvalue weighted by Gasteiger charge is -2.30. The van der Waals surface area contributed by atoms with Gasteiger partial charge in [-0.15, -0.1) is 10.2 Å². The molecular formula is C19H26N6O. The molecule has 2 aliphatic heterocycles. The molecule has 2 atom stereocenters. The molecule has 2 fully saturated rings. The number of hydrogen-bond donors (Lipinski definition) is 0. The predicted molar refractivity (Wildman–Crippen MR) is 98.6 cm³/mol. The molecule has 0 saturated carbocycles. The van der Waals surface area contributed by atoms with Crippen molar-refractivity contribution in [2.45, 2.75) is 32.8 Å². The van der Waals surface area contributed by atoms with Crippen molar-refractivity contribution < 1.29 is 4.74 Å². The summed E-state index contributed by atoms with van der Waals surface area (Å²) in [6.45, 7) is 7.36. The van der Waals surface area contributed by atoms with E-state index in [0.29, 0.717) is 17.6 Å². The third-order valence-electron chi connectivity index (χ3n) is 5.67. The number of hydrogen-bond acceptors (Lipinski definition) is 5. The first kappa shape index (κ1) is 17.1. The van der Waals surface area contributed by atoms with Gasteiger partial charge in [0.15, 0.2) is 5.82 Å². The minimum Gasteiger partial charge on any atom is -0.378 e. The summed E-state index contributed by atoms with van der Waals surface area (Å²) in [6, 6.07) is 4.05.